The first-order chi connectivity index (χ1) is 16.6. The van der Waals surface area contributed by atoms with E-state index in [-0.39, 0.29) is 13.2 Å². The van der Waals surface area contributed by atoms with E-state index in [0.717, 1.165) is 52.8 Å². The molecule has 34 heavy (non-hydrogen) atoms. The van der Waals surface area contributed by atoms with Crippen LogP contribution < -0.4 is 4.90 Å². The van der Waals surface area contributed by atoms with Crippen LogP contribution in [-0.4, -0.2) is 52.7 Å². The summed E-state index contributed by atoms with van der Waals surface area (Å²) >= 11 is 0. The van der Waals surface area contributed by atoms with Crippen molar-refractivity contribution in [3.05, 3.63) is 41.7 Å². The highest BCUT2D eigenvalue weighted by Crippen LogP contribution is 2.40. The highest BCUT2D eigenvalue weighted by Gasteiger charge is 2.34. The zero-order valence-corrected chi connectivity index (χ0v) is 20.0. The van der Waals surface area contributed by atoms with Crippen LogP contribution in [0.25, 0.3) is 22.2 Å². The molecule has 7 nitrogen and oxygen atoms in total. The van der Waals surface area contributed by atoms with Crippen LogP contribution in [0.15, 0.2) is 35.6 Å². The number of aromatic amines is 1. The molecule has 0 aliphatic carbocycles. The fourth-order valence-electron chi connectivity index (χ4n) is 4.83. The summed E-state index contributed by atoms with van der Waals surface area (Å²) < 4.78 is 0. The average molecular weight is 460 g/mol. The second-order valence-electron chi connectivity index (χ2n) is 9.19. The summed E-state index contributed by atoms with van der Waals surface area (Å²) in [5.41, 5.74) is 6.65. The third-order valence-corrected chi connectivity index (χ3v) is 7.09. The summed E-state index contributed by atoms with van der Waals surface area (Å²) in [7, 11) is 0. The maximum Gasteiger partial charge on any atom is 0.104 e. The molecule has 1 saturated heterocycles. The summed E-state index contributed by atoms with van der Waals surface area (Å²) in [5.74, 6) is 0. The zero-order valence-electron chi connectivity index (χ0n) is 20.0. The molecule has 2 aromatic carbocycles. The third-order valence-electron chi connectivity index (χ3n) is 7.09. The fourth-order valence-corrected chi connectivity index (χ4v) is 4.83. The van der Waals surface area contributed by atoms with Crippen molar-refractivity contribution in [3.63, 3.8) is 0 Å². The summed E-state index contributed by atoms with van der Waals surface area (Å²) in [6, 6.07) is 10.8. The van der Waals surface area contributed by atoms with Crippen LogP contribution in [0.2, 0.25) is 0 Å². The number of hydrogen-bond donors (Lipinski definition) is 3. The second-order valence-corrected chi connectivity index (χ2v) is 9.19. The van der Waals surface area contributed by atoms with Crippen LogP contribution in [0.3, 0.4) is 0 Å². The van der Waals surface area contributed by atoms with Gasteiger partial charge >= 0.3 is 0 Å². The number of H-pyrrole nitrogens is 1. The summed E-state index contributed by atoms with van der Waals surface area (Å²) in [6.07, 6.45) is 8.04. The molecule has 0 radical (unpaired) electrons. The Kier molecular flexibility index (Phi) is 7.30. The molecule has 1 aromatic heterocycles. The number of nitrogens with one attached hydrogen (secondary N) is 1. The van der Waals surface area contributed by atoms with Crippen LogP contribution in [0.5, 0.6) is 0 Å². The predicted octanol–water partition coefficient (Wildman–Crippen LogP) is 4.74. The minimum atomic E-state index is -0.453. The standard InChI is InChI=1S/C27H33N5O2/c1-3-5-6-19-7-8-20(13-23(19)29-4-2)21-14-24(22(15-28)26-25(21)30-18-31-26)32-11-9-27(16-33,17-34)10-12-32/h4,7-8,13-14,18,33-34H,3,5-6,9-12,16-17H2,1-2H3,(H,30,31)/b29-4-. The highest BCUT2D eigenvalue weighted by molar-refractivity contribution is 5.99. The fraction of sp³-hybridized carbons (Fsp3) is 0.444. The molecule has 0 spiro atoms. The molecule has 0 saturated carbocycles. The Hall–Kier alpha value is -3.21. The molecule has 0 amide bonds. The van der Waals surface area contributed by atoms with Gasteiger partial charge in [0.25, 0.3) is 0 Å². The van der Waals surface area contributed by atoms with Gasteiger partial charge in [-0.05, 0) is 55.9 Å². The van der Waals surface area contributed by atoms with E-state index in [1.54, 1.807) is 6.33 Å². The number of nitriles is 1. The van der Waals surface area contributed by atoms with E-state index in [1.807, 2.05) is 13.1 Å². The lowest BCUT2D eigenvalue weighted by Gasteiger charge is -2.41. The van der Waals surface area contributed by atoms with Crippen molar-refractivity contribution in [1.82, 2.24) is 9.97 Å². The molecular formula is C27H33N5O2. The predicted molar refractivity (Wildman–Crippen MR) is 137 cm³/mol. The van der Waals surface area contributed by atoms with Gasteiger partial charge in [0.15, 0.2) is 0 Å². The van der Waals surface area contributed by atoms with Gasteiger partial charge in [-0.25, -0.2) is 4.98 Å². The number of benzene rings is 2. The first-order valence-corrected chi connectivity index (χ1v) is 12.1. The van der Waals surface area contributed by atoms with Gasteiger partial charge in [0.05, 0.1) is 41.9 Å². The minimum Gasteiger partial charge on any atom is -0.396 e. The molecule has 0 atom stereocenters. The van der Waals surface area contributed by atoms with E-state index in [4.69, 9.17) is 0 Å². The maximum atomic E-state index is 10.0. The SMILES string of the molecule is C/C=N\c1cc(-c2cc(N3CCC(CO)(CO)CC3)c(C#N)c3[nH]cnc23)ccc1CCCC. The molecule has 7 heteroatoms. The first-order valence-electron chi connectivity index (χ1n) is 12.1. The number of aryl methyl sites for hydroxylation is 1. The van der Waals surface area contributed by atoms with Gasteiger partial charge in [-0.1, -0.05) is 25.5 Å². The number of unbranched alkanes of at least 4 members (excludes halogenated alkanes) is 1. The van der Waals surface area contributed by atoms with E-state index in [0.29, 0.717) is 31.5 Å². The van der Waals surface area contributed by atoms with Gasteiger partial charge in [0, 0.05) is 30.3 Å². The monoisotopic (exact) mass is 459 g/mol. The van der Waals surface area contributed by atoms with Gasteiger partial charge < -0.3 is 20.1 Å². The number of aliphatic imine (C=N–C) groups is 1. The van der Waals surface area contributed by atoms with Crippen molar-refractivity contribution < 1.29 is 10.2 Å². The van der Waals surface area contributed by atoms with Crippen LogP contribution in [0.4, 0.5) is 11.4 Å². The van der Waals surface area contributed by atoms with Crippen LogP contribution in [0.1, 0.15) is 50.7 Å². The number of hydrogen-bond acceptors (Lipinski definition) is 6. The molecule has 1 aliphatic heterocycles. The number of imidazole rings is 1. The number of anilines is 1. The summed E-state index contributed by atoms with van der Waals surface area (Å²) in [4.78, 5) is 14.6. The molecule has 0 bridgehead atoms. The number of aliphatic hydroxyl groups is 2. The molecule has 2 heterocycles. The molecule has 3 aromatic rings. The van der Waals surface area contributed by atoms with Gasteiger partial charge in [0.1, 0.15) is 11.6 Å². The Morgan fingerprint density at radius 3 is 2.65 bits per heavy atom. The number of piperidine rings is 1. The topological polar surface area (TPSA) is 109 Å². The van der Waals surface area contributed by atoms with Crippen molar-refractivity contribution in [2.75, 3.05) is 31.2 Å². The Morgan fingerprint density at radius 2 is 2.00 bits per heavy atom. The molecule has 0 unspecified atom stereocenters. The first kappa shape index (κ1) is 23.9. The second kappa shape index (κ2) is 10.4. The lowest BCUT2D eigenvalue weighted by atomic mass is 9.79. The Balaban J connectivity index is 1.80. The minimum absolute atomic E-state index is 0.0294. The van der Waals surface area contributed by atoms with E-state index in [1.165, 1.54) is 5.56 Å². The van der Waals surface area contributed by atoms with E-state index in [9.17, 15) is 15.5 Å². The molecule has 1 fully saturated rings. The summed E-state index contributed by atoms with van der Waals surface area (Å²) in [6.45, 7) is 5.38. The number of aliphatic hydroxyl groups excluding tert-OH is 2. The number of fused-ring (bicyclic) bond motifs is 1. The molecular weight excluding hydrogens is 426 g/mol. The van der Waals surface area contributed by atoms with Crippen LogP contribution >= 0.6 is 0 Å². The summed E-state index contributed by atoms with van der Waals surface area (Å²) in [5, 5.41) is 29.6. The average Bonchev–Trinajstić information content (AvgIpc) is 3.37. The van der Waals surface area contributed by atoms with Crippen LogP contribution in [-0.2, 0) is 6.42 Å². The lowest BCUT2D eigenvalue weighted by Crippen LogP contribution is -2.44. The molecule has 4 rings (SSSR count). The maximum absolute atomic E-state index is 10.0. The van der Waals surface area contributed by atoms with Crippen molar-refractivity contribution in [1.29, 1.82) is 5.26 Å². The lowest BCUT2D eigenvalue weighted by molar-refractivity contribution is 0.0341. The van der Waals surface area contributed by atoms with Crippen molar-refractivity contribution >= 4 is 28.6 Å². The van der Waals surface area contributed by atoms with E-state index >= 15 is 0 Å². The van der Waals surface area contributed by atoms with Gasteiger partial charge in [-0.15, -0.1) is 0 Å². The van der Waals surface area contributed by atoms with Crippen molar-refractivity contribution in [2.45, 2.75) is 46.0 Å². The normalized spacial score (nSPS) is 15.8. The van der Waals surface area contributed by atoms with E-state index in [2.05, 4.69) is 57.1 Å². The van der Waals surface area contributed by atoms with E-state index < -0.39 is 5.41 Å². The molecule has 1 aliphatic rings. The quantitative estimate of drug-likeness (QED) is 0.422. The number of nitrogens with zero attached hydrogens (tertiary/aromatic N) is 4. The zero-order chi connectivity index (χ0) is 24.1. The van der Waals surface area contributed by atoms with Gasteiger partial charge in [-0.3, -0.25) is 4.99 Å². The Morgan fingerprint density at radius 1 is 1.24 bits per heavy atom. The van der Waals surface area contributed by atoms with Crippen molar-refractivity contribution in [2.24, 2.45) is 10.4 Å². The van der Waals surface area contributed by atoms with Gasteiger partial charge in [0.2, 0.25) is 0 Å². The van der Waals surface area contributed by atoms with Crippen molar-refractivity contribution in [3.8, 4) is 17.2 Å². The van der Waals surface area contributed by atoms with Gasteiger partial charge in [-0.2, -0.15) is 5.26 Å². The Bertz CT molecular complexity index is 1210. The molecule has 3 N–H and O–H groups in total. The highest BCUT2D eigenvalue weighted by atomic mass is 16.3. The largest absolute Gasteiger partial charge is 0.396 e. The Labute approximate surface area is 200 Å². The molecule has 178 valence electrons. The third kappa shape index (κ3) is 4.44. The smallest absolute Gasteiger partial charge is 0.104 e. The number of rotatable bonds is 8. The van der Waals surface area contributed by atoms with Crippen LogP contribution in [0, 0.1) is 16.7 Å². The number of aromatic nitrogens is 2.